The minimum atomic E-state index is -1.75. The Kier molecular flexibility index (Phi) is 17.8. The summed E-state index contributed by atoms with van der Waals surface area (Å²) in [5.41, 5.74) is 0. The summed E-state index contributed by atoms with van der Waals surface area (Å²) in [6, 6.07) is 0. The molecule has 0 rings (SSSR count). The molecule has 0 saturated heterocycles. The molecule has 0 amide bonds. The van der Waals surface area contributed by atoms with E-state index in [0.29, 0.717) is 0 Å². The van der Waals surface area contributed by atoms with Crippen molar-refractivity contribution in [3.63, 3.8) is 0 Å². The van der Waals surface area contributed by atoms with Gasteiger partial charge in [0.25, 0.3) is 5.09 Å². The van der Waals surface area contributed by atoms with Gasteiger partial charge in [0.05, 0.1) is 5.09 Å². The van der Waals surface area contributed by atoms with Gasteiger partial charge in [0, 0.05) is 0 Å². The van der Waals surface area contributed by atoms with E-state index in [1.807, 2.05) is 0 Å². The Morgan fingerprint density at radius 1 is 1.11 bits per heavy atom. The molecule has 0 unspecified atom stereocenters. The summed E-state index contributed by atoms with van der Waals surface area (Å²) in [5, 5.41) is 28.4. The summed E-state index contributed by atoms with van der Waals surface area (Å²) in [4.78, 5) is 16.6. The van der Waals surface area contributed by atoms with E-state index in [1.165, 1.54) is 0 Å². The quantitative estimate of drug-likeness (QED) is 0.338. The second kappa shape index (κ2) is 10.2. The van der Waals surface area contributed by atoms with Crippen LogP contribution in [-0.4, -0.2) is 15.4 Å². The van der Waals surface area contributed by atoms with Crippen molar-refractivity contribution in [2.75, 3.05) is 0 Å². The van der Waals surface area contributed by atoms with Crippen molar-refractivity contribution in [3.05, 3.63) is 25.4 Å². The molecule has 58 valence electrons. The van der Waals surface area contributed by atoms with Crippen LogP contribution in [0, 0.1) is 25.4 Å². The van der Waals surface area contributed by atoms with Gasteiger partial charge in [-0.1, -0.05) is 0 Å². The van der Waals surface area contributed by atoms with E-state index in [1.54, 1.807) is 0 Å². The molecule has 0 aliphatic heterocycles. The van der Waals surface area contributed by atoms with Crippen LogP contribution in [0.25, 0.3) is 0 Å². The summed E-state index contributed by atoms with van der Waals surface area (Å²) < 4.78 is 0. The minimum Gasteiger partial charge on any atom is -0.356 e. The molecule has 9 heteroatoms. The Bertz CT molecular complexity index is 69.1. The van der Waals surface area contributed by atoms with Gasteiger partial charge in [-0.2, -0.15) is 0 Å². The molecule has 0 atom stereocenters. The Labute approximate surface area is 63.8 Å². The zero-order chi connectivity index (χ0) is 7.15. The molecule has 1 N–H and O–H groups in total. The predicted octanol–water partition coefficient (Wildman–Crippen LogP) is -0.589. The van der Waals surface area contributed by atoms with Crippen LogP contribution < -0.4 is 0 Å². The van der Waals surface area contributed by atoms with Gasteiger partial charge in [0.1, 0.15) is 0 Å². The van der Waals surface area contributed by atoms with Crippen molar-refractivity contribution >= 4 is 0 Å². The van der Waals surface area contributed by atoms with Crippen LogP contribution in [0.5, 0.6) is 0 Å². The maximum absolute atomic E-state index is 8.36. The van der Waals surface area contributed by atoms with Crippen LogP contribution in [0.3, 0.4) is 0 Å². The average Bonchev–Trinajstić information content (AvgIpc) is 1.25. The molecule has 0 radical (unpaired) electrons. The van der Waals surface area contributed by atoms with E-state index in [-0.39, 0.29) is 22.4 Å². The first-order valence-electron chi connectivity index (χ1n) is 1.11. The van der Waals surface area contributed by atoms with Gasteiger partial charge >= 0.3 is 22.4 Å². The first-order valence-corrected chi connectivity index (χ1v) is 1.11. The zero-order valence-electron chi connectivity index (χ0n) is 3.68. The summed E-state index contributed by atoms with van der Waals surface area (Å²) in [5.74, 6) is 0. The molecule has 0 aromatic carbocycles. The smallest absolute Gasteiger partial charge is 0.356 e. The molecule has 0 aliphatic carbocycles. The number of hydrogen-bond donors (Lipinski definition) is 1. The van der Waals surface area contributed by atoms with Crippen LogP contribution in [0.2, 0.25) is 0 Å². The fraction of sp³-hybridized carbons (Fsp3) is 0. The largest absolute Gasteiger partial charge is 1.00 e. The Balaban J connectivity index is -0.0000000720. The molecule has 0 aromatic rings. The van der Waals surface area contributed by atoms with Crippen molar-refractivity contribution < 1.29 is 37.8 Å². The average molecular weight is 233 g/mol. The first-order chi connectivity index (χ1) is 3.46. The monoisotopic (exact) mass is 232 g/mol. The van der Waals surface area contributed by atoms with E-state index >= 15 is 0 Å². The summed E-state index contributed by atoms with van der Waals surface area (Å²) >= 11 is 0. The van der Waals surface area contributed by atoms with Gasteiger partial charge in [-0.3, -0.25) is 0 Å². The molecule has 0 fully saturated rings. The van der Waals surface area contributed by atoms with Gasteiger partial charge < -0.3 is 20.5 Å². The fourth-order valence-electron chi connectivity index (χ4n) is 0. The van der Waals surface area contributed by atoms with Crippen LogP contribution >= 0.6 is 0 Å². The van der Waals surface area contributed by atoms with Crippen LogP contribution in [0.15, 0.2) is 0 Å². The third kappa shape index (κ3) is 255. The van der Waals surface area contributed by atoms with E-state index < -0.39 is 10.2 Å². The molecule has 0 spiro atoms. The van der Waals surface area contributed by atoms with Crippen molar-refractivity contribution in [3.8, 4) is 0 Å². The molecular weight excluding hydrogens is 232 g/mol. The summed E-state index contributed by atoms with van der Waals surface area (Å²) in [6.45, 7) is 0. The Morgan fingerprint density at radius 3 is 1.11 bits per heavy atom. The number of hydrogen-bond acceptors (Lipinski definition) is 5. The predicted molar refractivity (Wildman–Crippen MR) is 19.1 cm³/mol. The third-order valence-corrected chi connectivity index (χ3v) is 0. The number of rotatable bonds is 0. The molecule has 0 aliphatic rings. The topological polar surface area (TPSA) is 130 Å². The van der Waals surface area contributed by atoms with Gasteiger partial charge in [0.15, 0.2) is 0 Å². The molecular formula is HAgN2O6. The first kappa shape index (κ1) is 15.7. The maximum atomic E-state index is 8.36. The van der Waals surface area contributed by atoms with Crippen LogP contribution in [-0.2, 0) is 22.4 Å². The standard InChI is InChI=1S/Ag.HNO3.NO3/c;2*2-1(3)4/h;(H,2,3,4);/q+1;;-1. The number of nitrogens with zero attached hydrogens (tertiary/aromatic N) is 2. The van der Waals surface area contributed by atoms with Crippen molar-refractivity contribution in [2.24, 2.45) is 0 Å². The van der Waals surface area contributed by atoms with Crippen LogP contribution in [0.1, 0.15) is 0 Å². The van der Waals surface area contributed by atoms with Crippen molar-refractivity contribution in [1.82, 2.24) is 0 Å². The Morgan fingerprint density at radius 2 is 1.11 bits per heavy atom. The van der Waals surface area contributed by atoms with Gasteiger partial charge in [-0.05, 0) is 0 Å². The maximum Gasteiger partial charge on any atom is 1.00 e. The molecule has 0 saturated carbocycles. The van der Waals surface area contributed by atoms with E-state index in [0.717, 1.165) is 0 Å². The molecule has 8 nitrogen and oxygen atoms in total. The van der Waals surface area contributed by atoms with E-state index in [9.17, 15) is 0 Å². The van der Waals surface area contributed by atoms with Crippen LogP contribution in [0.4, 0.5) is 0 Å². The second-order valence-electron chi connectivity index (χ2n) is 0.461. The summed E-state index contributed by atoms with van der Waals surface area (Å²) in [7, 11) is 0. The minimum absolute atomic E-state index is 0. The SMILES string of the molecule is O=[N+]([O-])O.O=[N+]([O-])[O-].[Ag+]. The van der Waals surface area contributed by atoms with Gasteiger partial charge in [0.2, 0.25) is 0 Å². The van der Waals surface area contributed by atoms with E-state index in [4.69, 9.17) is 30.6 Å². The van der Waals surface area contributed by atoms with Crippen molar-refractivity contribution in [2.45, 2.75) is 0 Å². The molecule has 9 heavy (non-hydrogen) atoms. The fourth-order valence-corrected chi connectivity index (χ4v) is 0. The zero-order valence-corrected chi connectivity index (χ0v) is 5.17. The Hall–Kier alpha value is -0.860. The van der Waals surface area contributed by atoms with Gasteiger partial charge in [-0.15, -0.1) is 10.1 Å². The summed E-state index contributed by atoms with van der Waals surface area (Å²) in [6.07, 6.45) is 0. The third-order valence-electron chi connectivity index (χ3n) is 0. The van der Waals surface area contributed by atoms with E-state index in [2.05, 4.69) is 0 Å². The second-order valence-corrected chi connectivity index (χ2v) is 0.461. The normalized spacial score (nSPS) is 5.33. The molecule has 0 aromatic heterocycles. The van der Waals surface area contributed by atoms with Gasteiger partial charge in [-0.25, -0.2) is 0 Å². The van der Waals surface area contributed by atoms with Crippen molar-refractivity contribution in [1.29, 1.82) is 0 Å². The molecule has 0 bridgehead atoms. The molecule has 0 heterocycles.